The molecule has 78 valence electrons. The molecule has 0 fully saturated rings. The average Bonchev–Trinajstić information content (AvgIpc) is 2.21. The summed E-state index contributed by atoms with van der Waals surface area (Å²) in [4.78, 5) is 8.43. The van der Waals surface area contributed by atoms with E-state index >= 15 is 0 Å². The first-order chi connectivity index (χ1) is 6.83. The molecule has 0 saturated carbocycles. The number of anilines is 2. The molecule has 0 saturated heterocycles. The van der Waals surface area contributed by atoms with Gasteiger partial charge in [-0.25, -0.2) is 9.97 Å². The number of nitrogens with zero attached hydrogens (tertiary/aromatic N) is 2. The molecular formula is C10H18N4. The molecule has 1 heterocycles. The van der Waals surface area contributed by atoms with E-state index in [1.54, 1.807) is 6.33 Å². The van der Waals surface area contributed by atoms with Crippen molar-refractivity contribution in [3.8, 4) is 0 Å². The number of hydrogen-bond donors (Lipinski definition) is 2. The van der Waals surface area contributed by atoms with E-state index in [1.807, 2.05) is 7.05 Å². The van der Waals surface area contributed by atoms with Crippen molar-refractivity contribution in [2.24, 2.45) is 0 Å². The lowest BCUT2D eigenvalue weighted by Gasteiger charge is -2.12. The van der Waals surface area contributed by atoms with Gasteiger partial charge in [-0.2, -0.15) is 0 Å². The van der Waals surface area contributed by atoms with Crippen LogP contribution in [0.3, 0.4) is 0 Å². The maximum atomic E-state index is 4.23. The van der Waals surface area contributed by atoms with Crippen LogP contribution < -0.4 is 10.6 Å². The summed E-state index contributed by atoms with van der Waals surface area (Å²) in [6.45, 7) is 5.11. The first kappa shape index (κ1) is 10.8. The maximum Gasteiger partial charge on any atom is 0.134 e. The highest BCUT2D eigenvalue weighted by atomic mass is 15.1. The molecule has 0 aliphatic carbocycles. The summed E-state index contributed by atoms with van der Waals surface area (Å²) in [5.74, 6) is 1.88. The molecule has 1 aromatic heterocycles. The normalized spacial score (nSPS) is 9.93. The largest absolute Gasteiger partial charge is 0.373 e. The average molecular weight is 194 g/mol. The van der Waals surface area contributed by atoms with Gasteiger partial charge >= 0.3 is 0 Å². The lowest BCUT2D eigenvalue weighted by molar-refractivity contribution is 0.901. The Morgan fingerprint density at radius 1 is 1.21 bits per heavy atom. The minimum absolute atomic E-state index is 0.886. The smallest absolute Gasteiger partial charge is 0.134 e. The molecule has 0 atom stereocenters. The van der Waals surface area contributed by atoms with Crippen molar-refractivity contribution in [3.05, 3.63) is 11.9 Å². The van der Waals surface area contributed by atoms with Crippen LogP contribution in [0.4, 0.5) is 11.6 Å². The number of aromatic nitrogens is 2. The predicted molar refractivity (Wildman–Crippen MR) is 59.7 cm³/mol. The van der Waals surface area contributed by atoms with E-state index in [0.29, 0.717) is 0 Å². The van der Waals surface area contributed by atoms with Crippen molar-refractivity contribution in [2.75, 3.05) is 24.2 Å². The second-order valence-electron chi connectivity index (χ2n) is 3.08. The van der Waals surface area contributed by atoms with Gasteiger partial charge in [0.05, 0.1) is 0 Å². The van der Waals surface area contributed by atoms with Crippen LogP contribution in [-0.4, -0.2) is 23.6 Å². The Kier molecular flexibility index (Phi) is 4.16. The van der Waals surface area contributed by atoms with Crippen LogP contribution in [0.5, 0.6) is 0 Å². The summed E-state index contributed by atoms with van der Waals surface area (Å²) in [5, 5.41) is 6.33. The van der Waals surface area contributed by atoms with E-state index in [2.05, 4.69) is 34.4 Å². The fourth-order valence-corrected chi connectivity index (χ4v) is 1.43. The molecule has 4 heteroatoms. The van der Waals surface area contributed by atoms with Crippen LogP contribution in [0, 0.1) is 0 Å². The summed E-state index contributed by atoms with van der Waals surface area (Å²) < 4.78 is 0. The number of nitrogens with one attached hydrogen (secondary N) is 2. The van der Waals surface area contributed by atoms with E-state index < -0.39 is 0 Å². The molecule has 0 aliphatic heterocycles. The van der Waals surface area contributed by atoms with E-state index in [9.17, 15) is 0 Å². The molecule has 1 aromatic rings. The highest BCUT2D eigenvalue weighted by Gasteiger charge is 2.07. The van der Waals surface area contributed by atoms with Gasteiger partial charge in [0.25, 0.3) is 0 Å². The van der Waals surface area contributed by atoms with Crippen LogP contribution >= 0.6 is 0 Å². The van der Waals surface area contributed by atoms with Crippen molar-refractivity contribution in [3.63, 3.8) is 0 Å². The zero-order chi connectivity index (χ0) is 10.4. The fourth-order valence-electron chi connectivity index (χ4n) is 1.43. The lowest BCUT2D eigenvalue weighted by atomic mass is 10.1. The zero-order valence-electron chi connectivity index (χ0n) is 9.09. The SMILES string of the molecule is CCCc1c(NC)ncnc1NCC. The Balaban J connectivity index is 3.00. The van der Waals surface area contributed by atoms with Crippen LogP contribution in [0.1, 0.15) is 25.8 Å². The summed E-state index contributed by atoms with van der Waals surface area (Å²) in [5.41, 5.74) is 1.18. The lowest BCUT2D eigenvalue weighted by Crippen LogP contribution is -2.07. The van der Waals surface area contributed by atoms with Gasteiger partial charge in [-0.3, -0.25) is 0 Å². The molecule has 0 bridgehead atoms. The molecule has 0 spiro atoms. The first-order valence-corrected chi connectivity index (χ1v) is 5.08. The van der Waals surface area contributed by atoms with Crippen LogP contribution in [0.25, 0.3) is 0 Å². The quantitative estimate of drug-likeness (QED) is 0.751. The van der Waals surface area contributed by atoms with E-state index in [1.165, 1.54) is 5.56 Å². The van der Waals surface area contributed by atoms with Gasteiger partial charge in [0.2, 0.25) is 0 Å². The minimum atomic E-state index is 0.886. The fraction of sp³-hybridized carbons (Fsp3) is 0.600. The maximum absolute atomic E-state index is 4.23. The number of hydrogen-bond acceptors (Lipinski definition) is 4. The summed E-state index contributed by atoms with van der Waals surface area (Å²) in [6, 6.07) is 0. The van der Waals surface area contributed by atoms with Gasteiger partial charge in [-0.1, -0.05) is 13.3 Å². The van der Waals surface area contributed by atoms with Gasteiger partial charge in [-0.05, 0) is 13.3 Å². The third-order valence-corrected chi connectivity index (χ3v) is 2.03. The molecule has 0 radical (unpaired) electrons. The number of rotatable bonds is 5. The third kappa shape index (κ3) is 2.34. The molecule has 0 amide bonds. The highest BCUT2D eigenvalue weighted by molar-refractivity contribution is 5.57. The summed E-state index contributed by atoms with van der Waals surface area (Å²) in [7, 11) is 1.89. The predicted octanol–water partition coefficient (Wildman–Crippen LogP) is 1.90. The first-order valence-electron chi connectivity index (χ1n) is 5.08. The van der Waals surface area contributed by atoms with Crippen molar-refractivity contribution in [2.45, 2.75) is 26.7 Å². The standard InChI is InChI=1S/C10H18N4/c1-4-6-8-9(11-3)13-7-14-10(8)12-5-2/h7H,4-6H2,1-3H3,(H2,11,12,13,14). The summed E-state index contributed by atoms with van der Waals surface area (Å²) in [6.07, 6.45) is 3.68. The monoisotopic (exact) mass is 194 g/mol. The van der Waals surface area contributed by atoms with Gasteiger partial charge in [0.1, 0.15) is 18.0 Å². The van der Waals surface area contributed by atoms with Crippen molar-refractivity contribution in [1.29, 1.82) is 0 Å². The molecule has 0 aliphatic rings. The van der Waals surface area contributed by atoms with E-state index in [0.717, 1.165) is 31.0 Å². The second kappa shape index (κ2) is 5.42. The van der Waals surface area contributed by atoms with Crippen molar-refractivity contribution < 1.29 is 0 Å². The van der Waals surface area contributed by atoms with Crippen LogP contribution in [0.2, 0.25) is 0 Å². The second-order valence-corrected chi connectivity index (χ2v) is 3.08. The van der Waals surface area contributed by atoms with Gasteiger partial charge in [0, 0.05) is 19.2 Å². The Labute approximate surface area is 85.2 Å². The highest BCUT2D eigenvalue weighted by Crippen LogP contribution is 2.20. The molecule has 0 unspecified atom stereocenters. The molecule has 4 nitrogen and oxygen atoms in total. The Morgan fingerprint density at radius 3 is 2.50 bits per heavy atom. The Hall–Kier alpha value is -1.32. The van der Waals surface area contributed by atoms with Crippen LogP contribution in [0.15, 0.2) is 6.33 Å². The van der Waals surface area contributed by atoms with Gasteiger partial charge < -0.3 is 10.6 Å². The molecule has 0 aromatic carbocycles. The third-order valence-electron chi connectivity index (χ3n) is 2.03. The molecular weight excluding hydrogens is 176 g/mol. The van der Waals surface area contributed by atoms with Crippen molar-refractivity contribution >= 4 is 11.6 Å². The molecule has 14 heavy (non-hydrogen) atoms. The topological polar surface area (TPSA) is 49.8 Å². The van der Waals surface area contributed by atoms with Crippen molar-refractivity contribution in [1.82, 2.24) is 9.97 Å². The summed E-state index contributed by atoms with van der Waals surface area (Å²) >= 11 is 0. The Bertz CT molecular complexity index is 285. The molecule has 1 rings (SSSR count). The minimum Gasteiger partial charge on any atom is -0.373 e. The zero-order valence-corrected chi connectivity index (χ0v) is 9.09. The van der Waals surface area contributed by atoms with Crippen LogP contribution in [-0.2, 0) is 6.42 Å². The molecule has 2 N–H and O–H groups in total. The van der Waals surface area contributed by atoms with Gasteiger partial charge in [0.15, 0.2) is 0 Å². The van der Waals surface area contributed by atoms with E-state index in [4.69, 9.17) is 0 Å². The van der Waals surface area contributed by atoms with Gasteiger partial charge in [-0.15, -0.1) is 0 Å². The van der Waals surface area contributed by atoms with E-state index in [-0.39, 0.29) is 0 Å². The Morgan fingerprint density at radius 2 is 1.93 bits per heavy atom.